The Morgan fingerprint density at radius 1 is 0.971 bits per heavy atom. The molecule has 4 saturated carbocycles. The number of carbonyl (C=O) groups is 3. The average molecular weight is 501 g/mol. The summed E-state index contributed by atoms with van der Waals surface area (Å²) in [5.74, 6) is 1.79. The molecule has 7 nitrogen and oxygen atoms in total. The molecule has 2 N–H and O–H groups in total. The van der Waals surface area contributed by atoms with E-state index in [1.165, 1.54) is 19.3 Å². The van der Waals surface area contributed by atoms with Gasteiger partial charge in [0.2, 0.25) is 17.7 Å². The van der Waals surface area contributed by atoms with Gasteiger partial charge in [-0.2, -0.15) is 0 Å². The molecule has 0 aromatic heterocycles. The van der Waals surface area contributed by atoms with Crippen LogP contribution in [-0.4, -0.2) is 48.8 Å². The molecular weight excluding hydrogens is 464 g/mol. The van der Waals surface area contributed by atoms with Gasteiger partial charge in [0.15, 0.2) is 0 Å². The van der Waals surface area contributed by atoms with Crippen LogP contribution in [0.4, 0.5) is 5.69 Å². The highest BCUT2D eigenvalue weighted by Crippen LogP contribution is 2.60. The maximum Gasteiger partial charge on any atom is 0.244 e. The van der Waals surface area contributed by atoms with Crippen molar-refractivity contribution >= 4 is 35.0 Å². The van der Waals surface area contributed by atoms with Crippen LogP contribution in [0.3, 0.4) is 0 Å². The molecule has 1 aromatic rings. The molecule has 8 heteroatoms. The number of hydrogen-bond acceptors (Lipinski definition) is 4. The molecule has 190 valence electrons. The van der Waals surface area contributed by atoms with E-state index in [2.05, 4.69) is 15.8 Å². The van der Waals surface area contributed by atoms with Crippen molar-refractivity contribution in [1.82, 2.24) is 15.8 Å². The third kappa shape index (κ3) is 5.45. The smallest absolute Gasteiger partial charge is 0.244 e. The van der Waals surface area contributed by atoms with Gasteiger partial charge in [-0.05, 0) is 80.4 Å². The Morgan fingerprint density at radius 3 is 2.20 bits per heavy atom. The van der Waals surface area contributed by atoms with E-state index in [9.17, 15) is 14.4 Å². The van der Waals surface area contributed by atoms with E-state index in [-0.39, 0.29) is 35.5 Å². The van der Waals surface area contributed by atoms with Gasteiger partial charge >= 0.3 is 0 Å². The molecule has 4 bridgehead atoms. The lowest BCUT2D eigenvalue weighted by Gasteiger charge is -2.55. The average Bonchev–Trinajstić information content (AvgIpc) is 2.81. The molecule has 6 rings (SSSR count). The molecule has 1 saturated heterocycles. The van der Waals surface area contributed by atoms with Crippen LogP contribution in [0.25, 0.3) is 0 Å². The van der Waals surface area contributed by atoms with Gasteiger partial charge in [0, 0.05) is 49.7 Å². The van der Waals surface area contributed by atoms with Crippen LogP contribution < -0.4 is 15.8 Å². The minimum Gasteiger partial charge on any atom is -0.368 e. The summed E-state index contributed by atoms with van der Waals surface area (Å²) in [6, 6.07) is 7.78. The molecule has 35 heavy (non-hydrogen) atoms. The number of piperazine rings is 1. The maximum absolute atomic E-state index is 13.0. The lowest BCUT2D eigenvalue weighted by atomic mass is 9.49. The van der Waals surface area contributed by atoms with Gasteiger partial charge < -0.3 is 9.80 Å². The van der Waals surface area contributed by atoms with Crippen LogP contribution in [0.2, 0.25) is 5.02 Å². The van der Waals surface area contributed by atoms with Crippen molar-refractivity contribution in [2.24, 2.45) is 29.1 Å². The van der Waals surface area contributed by atoms with Crippen molar-refractivity contribution in [1.29, 1.82) is 0 Å². The van der Waals surface area contributed by atoms with Crippen molar-refractivity contribution in [3.8, 4) is 0 Å². The van der Waals surface area contributed by atoms with E-state index < -0.39 is 0 Å². The highest BCUT2D eigenvalue weighted by atomic mass is 35.5. The van der Waals surface area contributed by atoms with Gasteiger partial charge in [-0.3, -0.25) is 25.2 Å². The number of nitrogens with zero attached hydrogens (tertiary/aromatic N) is 2. The topological polar surface area (TPSA) is 81.8 Å². The fourth-order valence-electron chi connectivity index (χ4n) is 7.40. The molecule has 5 aliphatic rings. The SMILES string of the molecule is C[C@@H](CC(=O)NNC(=O)C12CC3CC(CC(C3)C1)C2)CC(=O)N1CCN(c2cccc(Cl)c2)CC1. The summed E-state index contributed by atoms with van der Waals surface area (Å²) < 4.78 is 0. The molecule has 5 fully saturated rings. The predicted molar refractivity (Wildman–Crippen MR) is 136 cm³/mol. The monoisotopic (exact) mass is 500 g/mol. The zero-order valence-corrected chi connectivity index (χ0v) is 21.4. The quantitative estimate of drug-likeness (QED) is 0.582. The zero-order valence-electron chi connectivity index (χ0n) is 20.6. The summed E-state index contributed by atoms with van der Waals surface area (Å²) in [6.07, 6.45) is 7.28. The largest absolute Gasteiger partial charge is 0.368 e. The fourth-order valence-corrected chi connectivity index (χ4v) is 7.59. The van der Waals surface area contributed by atoms with Crippen molar-refractivity contribution < 1.29 is 14.4 Å². The molecule has 4 aliphatic carbocycles. The number of halogens is 1. The van der Waals surface area contributed by atoms with Crippen LogP contribution in [0, 0.1) is 29.1 Å². The number of nitrogens with one attached hydrogen (secondary N) is 2. The molecule has 1 aromatic carbocycles. The molecule has 3 amide bonds. The second kappa shape index (κ2) is 10.00. The second-order valence-corrected chi connectivity index (χ2v) is 12.0. The first-order valence-electron chi connectivity index (χ1n) is 13.2. The Bertz CT molecular complexity index is 940. The van der Waals surface area contributed by atoms with Crippen LogP contribution in [-0.2, 0) is 14.4 Å². The summed E-state index contributed by atoms with van der Waals surface area (Å²) in [7, 11) is 0. The van der Waals surface area contributed by atoms with Gasteiger partial charge in [-0.15, -0.1) is 0 Å². The van der Waals surface area contributed by atoms with E-state index in [4.69, 9.17) is 11.6 Å². The fraction of sp³-hybridized carbons (Fsp3) is 0.667. The minimum absolute atomic E-state index is 0.00810. The van der Waals surface area contributed by atoms with Crippen molar-refractivity contribution in [3.63, 3.8) is 0 Å². The van der Waals surface area contributed by atoms with Crippen molar-refractivity contribution in [3.05, 3.63) is 29.3 Å². The van der Waals surface area contributed by atoms with Crippen LogP contribution in [0.5, 0.6) is 0 Å². The zero-order chi connectivity index (χ0) is 24.6. The van der Waals surface area contributed by atoms with E-state index in [0.717, 1.165) is 38.0 Å². The number of amides is 3. The van der Waals surface area contributed by atoms with Crippen LogP contribution >= 0.6 is 11.6 Å². The van der Waals surface area contributed by atoms with Crippen molar-refractivity contribution in [2.45, 2.75) is 58.3 Å². The number of rotatable bonds is 6. The Balaban J connectivity index is 1.03. The number of benzene rings is 1. The first-order chi connectivity index (χ1) is 16.8. The standard InChI is InChI=1S/C27H37ClN4O3/c1-18(10-25(34)32-7-5-31(6-8-32)23-4-2-3-22(28)14-23)9-24(33)29-30-26(35)27-15-19-11-20(16-27)13-21(12-19)17-27/h2-4,14,18-21H,5-13,15-17H2,1H3,(H,29,33)(H,30,35)/t18-,19?,20?,21?,27?/m0/s1. The number of anilines is 1. The number of hydrogen-bond donors (Lipinski definition) is 2. The molecular formula is C27H37ClN4O3. The van der Waals surface area contributed by atoms with Crippen LogP contribution in [0.1, 0.15) is 58.3 Å². The van der Waals surface area contributed by atoms with Gasteiger partial charge in [0.05, 0.1) is 5.41 Å². The number of carbonyl (C=O) groups excluding carboxylic acids is 3. The van der Waals surface area contributed by atoms with Crippen LogP contribution in [0.15, 0.2) is 24.3 Å². The van der Waals surface area contributed by atoms with E-state index in [0.29, 0.717) is 42.3 Å². The highest BCUT2D eigenvalue weighted by Gasteiger charge is 2.54. The Hall–Kier alpha value is -2.28. The summed E-state index contributed by atoms with van der Waals surface area (Å²) in [5, 5.41) is 0.710. The second-order valence-electron chi connectivity index (χ2n) is 11.6. The summed E-state index contributed by atoms with van der Waals surface area (Å²) in [4.78, 5) is 42.4. The lowest BCUT2D eigenvalue weighted by molar-refractivity contribution is -0.149. The summed E-state index contributed by atoms with van der Waals surface area (Å²) in [5.41, 5.74) is 6.17. The van der Waals surface area contributed by atoms with E-state index >= 15 is 0 Å². The number of hydrazine groups is 1. The Labute approximate surface area is 212 Å². The van der Waals surface area contributed by atoms with Crippen molar-refractivity contribution in [2.75, 3.05) is 31.1 Å². The Kier molecular flexibility index (Phi) is 6.97. The third-order valence-electron chi connectivity index (χ3n) is 8.70. The first-order valence-corrected chi connectivity index (χ1v) is 13.5. The lowest BCUT2D eigenvalue weighted by Crippen LogP contribution is -2.56. The predicted octanol–water partition coefficient (Wildman–Crippen LogP) is 3.77. The van der Waals surface area contributed by atoms with Gasteiger partial charge in [-0.1, -0.05) is 24.6 Å². The first kappa shape index (κ1) is 24.4. The third-order valence-corrected chi connectivity index (χ3v) is 8.93. The molecule has 1 aliphatic heterocycles. The molecule has 1 heterocycles. The molecule has 0 spiro atoms. The molecule has 0 radical (unpaired) electrons. The normalized spacial score (nSPS) is 30.2. The summed E-state index contributed by atoms with van der Waals surface area (Å²) in [6.45, 7) is 4.76. The minimum atomic E-state index is -0.281. The molecule has 0 unspecified atom stereocenters. The Morgan fingerprint density at radius 2 is 1.60 bits per heavy atom. The van der Waals surface area contributed by atoms with E-state index in [1.807, 2.05) is 36.1 Å². The van der Waals surface area contributed by atoms with E-state index in [1.54, 1.807) is 0 Å². The van der Waals surface area contributed by atoms with Gasteiger partial charge in [0.25, 0.3) is 0 Å². The van der Waals surface area contributed by atoms with Gasteiger partial charge in [-0.25, -0.2) is 0 Å². The highest BCUT2D eigenvalue weighted by molar-refractivity contribution is 6.30. The summed E-state index contributed by atoms with van der Waals surface area (Å²) >= 11 is 6.10. The maximum atomic E-state index is 13.0. The molecule has 1 atom stereocenters. The van der Waals surface area contributed by atoms with Gasteiger partial charge in [0.1, 0.15) is 0 Å².